The van der Waals surface area contributed by atoms with Gasteiger partial charge in [0.05, 0.1) is 15.5 Å². The number of hydrogen-bond acceptors (Lipinski definition) is 6. The van der Waals surface area contributed by atoms with E-state index in [9.17, 15) is 19.7 Å². The molecule has 0 radical (unpaired) electrons. The fourth-order valence-corrected chi connectivity index (χ4v) is 3.10. The van der Waals surface area contributed by atoms with Gasteiger partial charge in [-0.2, -0.15) is 5.10 Å². The summed E-state index contributed by atoms with van der Waals surface area (Å²) in [6.07, 6.45) is 0. The van der Waals surface area contributed by atoms with Gasteiger partial charge in [-0.05, 0) is 42.1 Å². The first kappa shape index (κ1) is 19.9. The van der Waals surface area contributed by atoms with E-state index in [1.165, 1.54) is 29.5 Å². The highest BCUT2D eigenvalue weighted by Gasteiger charge is 2.18. The lowest BCUT2D eigenvalue weighted by atomic mass is 10.1. The molecule has 0 saturated carbocycles. The Morgan fingerprint density at radius 2 is 1.72 bits per heavy atom. The van der Waals surface area contributed by atoms with Crippen LogP contribution in [0.1, 0.15) is 32.5 Å². The molecule has 0 aliphatic carbocycles. The maximum Gasteiger partial charge on any atom is 0.282 e. The number of rotatable bonds is 6. The van der Waals surface area contributed by atoms with Crippen LogP contribution in [0.25, 0.3) is 0 Å². The quantitative estimate of drug-likeness (QED) is 0.364. The smallest absolute Gasteiger partial charge is 0.282 e. The molecule has 1 aromatic heterocycles. The summed E-state index contributed by atoms with van der Waals surface area (Å²) in [5.41, 5.74) is 3.84. The van der Waals surface area contributed by atoms with Crippen LogP contribution < -0.4 is 10.7 Å². The minimum atomic E-state index is -0.670. The summed E-state index contributed by atoms with van der Waals surface area (Å²) >= 11 is 1.35. The maximum absolute atomic E-state index is 12.2. The fraction of sp³-hybridized carbons (Fsp3) is 0.0500. The van der Waals surface area contributed by atoms with E-state index in [0.29, 0.717) is 16.3 Å². The number of carbonyl (C=O) groups is 2. The summed E-state index contributed by atoms with van der Waals surface area (Å²) in [6, 6.07) is 16.2. The number of hydrogen-bond donors (Lipinski definition) is 2. The first-order valence-electron chi connectivity index (χ1n) is 8.49. The molecule has 9 heteroatoms. The van der Waals surface area contributed by atoms with Gasteiger partial charge in [-0.25, -0.2) is 5.43 Å². The van der Waals surface area contributed by atoms with Crippen molar-refractivity contribution in [2.24, 2.45) is 5.10 Å². The van der Waals surface area contributed by atoms with Crippen LogP contribution in [-0.2, 0) is 0 Å². The standard InChI is InChI=1S/C20H16N4O4S/c1-13(22-23-19(25)16-5-2-3-6-17(16)24(27)28)14-8-10-15(11-9-14)21-20(26)18-7-4-12-29-18/h2-12H,1H3,(H,21,26)(H,23,25). The molecule has 2 N–H and O–H groups in total. The molecule has 0 aliphatic rings. The van der Waals surface area contributed by atoms with E-state index >= 15 is 0 Å². The van der Waals surface area contributed by atoms with Crippen molar-refractivity contribution in [1.82, 2.24) is 5.43 Å². The van der Waals surface area contributed by atoms with Crippen molar-refractivity contribution in [1.29, 1.82) is 0 Å². The van der Waals surface area contributed by atoms with Gasteiger partial charge in [0, 0.05) is 11.8 Å². The SMILES string of the molecule is CC(=NNC(=O)c1ccccc1[N+](=O)[O-])c1ccc(NC(=O)c2cccs2)cc1. The Labute approximate surface area is 170 Å². The number of nitrogens with zero attached hydrogens (tertiary/aromatic N) is 2. The normalized spacial score (nSPS) is 11.0. The molecule has 1 heterocycles. The number of nitro groups is 1. The molecule has 3 aromatic rings. The lowest BCUT2D eigenvalue weighted by Crippen LogP contribution is -2.20. The van der Waals surface area contributed by atoms with E-state index < -0.39 is 10.8 Å². The molecule has 3 rings (SSSR count). The van der Waals surface area contributed by atoms with Gasteiger partial charge >= 0.3 is 0 Å². The van der Waals surface area contributed by atoms with Crippen molar-refractivity contribution in [3.8, 4) is 0 Å². The van der Waals surface area contributed by atoms with E-state index in [1.807, 2.05) is 5.38 Å². The molecule has 0 aliphatic heterocycles. The third-order valence-electron chi connectivity index (χ3n) is 3.98. The van der Waals surface area contributed by atoms with Crippen molar-refractivity contribution < 1.29 is 14.5 Å². The number of hydrazone groups is 1. The Morgan fingerprint density at radius 3 is 2.38 bits per heavy atom. The molecular formula is C20H16N4O4S. The summed E-state index contributed by atoms with van der Waals surface area (Å²) in [6.45, 7) is 1.69. The largest absolute Gasteiger partial charge is 0.321 e. The summed E-state index contributed by atoms with van der Waals surface area (Å²) in [5.74, 6) is -0.855. The minimum absolute atomic E-state index is 0.0688. The number of benzene rings is 2. The highest BCUT2D eigenvalue weighted by atomic mass is 32.1. The summed E-state index contributed by atoms with van der Waals surface area (Å²) in [5, 5.41) is 19.7. The molecule has 0 atom stereocenters. The van der Waals surface area contributed by atoms with Gasteiger partial charge in [-0.15, -0.1) is 11.3 Å². The Morgan fingerprint density at radius 1 is 1.00 bits per heavy atom. The molecular weight excluding hydrogens is 392 g/mol. The highest BCUT2D eigenvalue weighted by Crippen LogP contribution is 2.18. The van der Waals surface area contributed by atoms with E-state index in [0.717, 1.165) is 5.56 Å². The lowest BCUT2D eigenvalue weighted by Gasteiger charge is -2.06. The van der Waals surface area contributed by atoms with Crippen LogP contribution in [0.15, 0.2) is 71.1 Å². The van der Waals surface area contributed by atoms with Gasteiger partial charge in [0.25, 0.3) is 17.5 Å². The molecule has 0 bridgehead atoms. The molecule has 0 unspecified atom stereocenters. The first-order valence-corrected chi connectivity index (χ1v) is 9.37. The van der Waals surface area contributed by atoms with Crippen molar-refractivity contribution in [2.45, 2.75) is 6.92 Å². The van der Waals surface area contributed by atoms with Crippen LogP contribution in [0.5, 0.6) is 0 Å². The average Bonchev–Trinajstić information content (AvgIpc) is 3.27. The molecule has 8 nitrogen and oxygen atoms in total. The summed E-state index contributed by atoms with van der Waals surface area (Å²) < 4.78 is 0. The molecule has 2 amide bonds. The zero-order valence-corrected chi connectivity index (χ0v) is 16.1. The number of anilines is 1. The van der Waals surface area contributed by atoms with E-state index in [4.69, 9.17) is 0 Å². The van der Waals surface area contributed by atoms with Gasteiger partial charge < -0.3 is 5.32 Å². The predicted octanol–water partition coefficient (Wildman–Crippen LogP) is 4.06. The van der Waals surface area contributed by atoms with E-state index in [-0.39, 0.29) is 17.2 Å². The lowest BCUT2D eigenvalue weighted by molar-refractivity contribution is -0.385. The topological polar surface area (TPSA) is 114 Å². The zero-order chi connectivity index (χ0) is 20.8. The maximum atomic E-state index is 12.2. The Hall–Kier alpha value is -3.85. The van der Waals surface area contributed by atoms with Gasteiger partial charge in [-0.1, -0.05) is 30.3 Å². The second-order valence-corrected chi connectivity index (χ2v) is 6.87. The Balaban J connectivity index is 1.66. The number of amides is 2. The van der Waals surface area contributed by atoms with Crippen molar-refractivity contribution in [3.63, 3.8) is 0 Å². The molecule has 0 saturated heterocycles. The Kier molecular flexibility index (Phi) is 6.10. The van der Waals surface area contributed by atoms with Crippen molar-refractivity contribution in [2.75, 3.05) is 5.32 Å². The number of nitrogens with one attached hydrogen (secondary N) is 2. The number of thiophene rings is 1. The van der Waals surface area contributed by atoms with Gasteiger partial charge in [0.2, 0.25) is 0 Å². The van der Waals surface area contributed by atoms with Crippen LogP contribution in [0, 0.1) is 10.1 Å². The number of nitro benzene ring substituents is 1. The number of para-hydroxylation sites is 1. The number of carbonyl (C=O) groups excluding carboxylic acids is 2. The van der Waals surface area contributed by atoms with E-state index in [1.54, 1.807) is 49.4 Å². The predicted molar refractivity (Wildman–Crippen MR) is 111 cm³/mol. The average molecular weight is 408 g/mol. The van der Waals surface area contributed by atoms with Crippen LogP contribution in [0.2, 0.25) is 0 Å². The third-order valence-corrected chi connectivity index (χ3v) is 4.84. The second-order valence-electron chi connectivity index (χ2n) is 5.92. The van der Waals surface area contributed by atoms with Crippen LogP contribution in [0.4, 0.5) is 11.4 Å². The minimum Gasteiger partial charge on any atom is -0.321 e. The second kappa shape index (κ2) is 8.89. The van der Waals surface area contributed by atoms with Crippen LogP contribution >= 0.6 is 11.3 Å². The van der Waals surface area contributed by atoms with E-state index in [2.05, 4.69) is 15.8 Å². The molecule has 0 fully saturated rings. The summed E-state index contributed by atoms with van der Waals surface area (Å²) in [4.78, 5) is 35.3. The van der Waals surface area contributed by atoms with Crippen LogP contribution in [-0.4, -0.2) is 22.4 Å². The molecule has 2 aromatic carbocycles. The van der Waals surface area contributed by atoms with Crippen LogP contribution in [0.3, 0.4) is 0 Å². The van der Waals surface area contributed by atoms with Crippen molar-refractivity contribution in [3.05, 3.63) is 92.2 Å². The third kappa shape index (κ3) is 4.90. The first-order chi connectivity index (χ1) is 14.0. The monoisotopic (exact) mass is 408 g/mol. The highest BCUT2D eigenvalue weighted by molar-refractivity contribution is 7.12. The Bertz CT molecular complexity index is 1080. The van der Waals surface area contributed by atoms with Gasteiger partial charge in [0.1, 0.15) is 5.56 Å². The van der Waals surface area contributed by atoms with Crippen molar-refractivity contribution >= 4 is 40.2 Å². The van der Waals surface area contributed by atoms with Gasteiger partial charge in [-0.3, -0.25) is 19.7 Å². The summed E-state index contributed by atoms with van der Waals surface area (Å²) in [7, 11) is 0. The molecule has 0 spiro atoms. The van der Waals surface area contributed by atoms with Gasteiger partial charge in [0.15, 0.2) is 0 Å². The fourth-order valence-electron chi connectivity index (χ4n) is 2.48. The molecule has 29 heavy (non-hydrogen) atoms. The molecule has 146 valence electrons. The zero-order valence-electron chi connectivity index (χ0n) is 15.3.